The van der Waals surface area contributed by atoms with E-state index in [4.69, 9.17) is 4.42 Å². The highest BCUT2D eigenvalue weighted by Crippen LogP contribution is 2.32. The summed E-state index contributed by atoms with van der Waals surface area (Å²) in [6.45, 7) is 9.07. The molecule has 0 fully saturated rings. The summed E-state index contributed by atoms with van der Waals surface area (Å²) < 4.78 is 5.83. The van der Waals surface area contributed by atoms with Crippen LogP contribution in [0.4, 0.5) is 0 Å². The molecule has 0 aliphatic carbocycles. The first-order valence-corrected chi connectivity index (χ1v) is 7.84. The largest absolute Gasteiger partial charge is 0.469 e. The zero-order chi connectivity index (χ0) is 13.4. The molecule has 0 saturated carbocycles. The lowest BCUT2D eigenvalue weighted by molar-refractivity contribution is 0.434. The molecule has 0 saturated heterocycles. The minimum Gasteiger partial charge on any atom is -0.469 e. The third-order valence-corrected chi connectivity index (χ3v) is 4.04. The highest BCUT2D eigenvalue weighted by Gasteiger charge is 2.16. The third-order valence-electron chi connectivity index (χ3n) is 4.04. The van der Waals surface area contributed by atoms with Crippen LogP contribution in [0.3, 0.4) is 0 Å². The minimum atomic E-state index is 0.618. The molecular formula is C17H30O. The Morgan fingerprint density at radius 3 is 2.22 bits per heavy atom. The lowest BCUT2D eigenvalue weighted by Crippen LogP contribution is -1.97. The van der Waals surface area contributed by atoms with Gasteiger partial charge < -0.3 is 4.42 Å². The molecule has 1 rings (SSSR count). The Hall–Kier alpha value is -0.720. The van der Waals surface area contributed by atoms with Gasteiger partial charge in [-0.25, -0.2) is 0 Å². The molecule has 2 unspecified atom stereocenters. The highest BCUT2D eigenvalue weighted by molar-refractivity contribution is 5.20. The van der Waals surface area contributed by atoms with Crippen molar-refractivity contribution in [2.45, 2.75) is 84.5 Å². The predicted octanol–water partition coefficient (Wildman–Crippen LogP) is 6.26. The maximum Gasteiger partial charge on any atom is 0.107 e. The SMILES string of the molecule is CCCCC(CC)c1coc(C(CC)CCC)c1. The Kier molecular flexibility index (Phi) is 7.15. The molecule has 0 aliphatic rings. The first-order valence-electron chi connectivity index (χ1n) is 7.84. The fourth-order valence-electron chi connectivity index (χ4n) is 2.75. The first-order chi connectivity index (χ1) is 8.76. The molecule has 0 bridgehead atoms. The number of furan rings is 1. The van der Waals surface area contributed by atoms with Crippen molar-refractivity contribution in [1.29, 1.82) is 0 Å². The summed E-state index contributed by atoms with van der Waals surface area (Å²) in [7, 11) is 0. The van der Waals surface area contributed by atoms with Crippen molar-refractivity contribution in [3.05, 3.63) is 23.7 Å². The molecular weight excluding hydrogens is 220 g/mol. The Morgan fingerprint density at radius 2 is 1.67 bits per heavy atom. The van der Waals surface area contributed by atoms with Crippen LogP contribution in [0.25, 0.3) is 0 Å². The number of hydrogen-bond donors (Lipinski definition) is 0. The molecule has 18 heavy (non-hydrogen) atoms. The van der Waals surface area contributed by atoms with E-state index in [-0.39, 0.29) is 0 Å². The van der Waals surface area contributed by atoms with Crippen molar-refractivity contribution in [2.24, 2.45) is 0 Å². The molecule has 1 heteroatoms. The smallest absolute Gasteiger partial charge is 0.107 e. The zero-order valence-corrected chi connectivity index (χ0v) is 12.7. The minimum absolute atomic E-state index is 0.618. The molecule has 104 valence electrons. The van der Waals surface area contributed by atoms with Gasteiger partial charge in [0.25, 0.3) is 0 Å². The van der Waals surface area contributed by atoms with Crippen molar-refractivity contribution in [3.8, 4) is 0 Å². The van der Waals surface area contributed by atoms with Gasteiger partial charge >= 0.3 is 0 Å². The zero-order valence-electron chi connectivity index (χ0n) is 12.7. The van der Waals surface area contributed by atoms with Crippen LogP contribution in [-0.2, 0) is 0 Å². The summed E-state index contributed by atoms with van der Waals surface area (Å²) in [5.74, 6) is 2.53. The van der Waals surface area contributed by atoms with Crippen LogP contribution in [0, 0.1) is 0 Å². The van der Waals surface area contributed by atoms with Gasteiger partial charge in [0.2, 0.25) is 0 Å². The first kappa shape index (κ1) is 15.3. The second-order valence-electron chi connectivity index (χ2n) is 5.42. The molecule has 1 aromatic heterocycles. The van der Waals surface area contributed by atoms with Gasteiger partial charge in [-0.15, -0.1) is 0 Å². The monoisotopic (exact) mass is 250 g/mol. The van der Waals surface area contributed by atoms with Crippen LogP contribution >= 0.6 is 0 Å². The summed E-state index contributed by atoms with van der Waals surface area (Å²) in [5.41, 5.74) is 1.43. The van der Waals surface area contributed by atoms with Crippen LogP contribution in [0.2, 0.25) is 0 Å². The second kappa shape index (κ2) is 8.39. The molecule has 0 N–H and O–H groups in total. The van der Waals surface area contributed by atoms with E-state index in [0.29, 0.717) is 11.8 Å². The van der Waals surface area contributed by atoms with Gasteiger partial charge in [-0.1, -0.05) is 47.0 Å². The van der Waals surface area contributed by atoms with E-state index >= 15 is 0 Å². The third kappa shape index (κ3) is 4.19. The molecule has 1 nitrogen and oxygen atoms in total. The summed E-state index contributed by atoms with van der Waals surface area (Å²) in [5, 5.41) is 0. The Bertz CT molecular complexity index is 313. The van der Waals surface area contributed by atoms with E-state index in [1.807, 2.05) is 6.26 Å². The van der Waals surface area contributed by atoms with Crippen molar-refractivity contribution in [2.75, 3.05) is 0 Å². The lowest BCUT2D eigenvalue weighted by atomic mass is 9.91. The maximum atomic E-state index is 5.83. The van der Waals surface area contributed by atoms with Gasteiger partial charge in [-0.2, -0.15) is 0 Å². The van der Waals surface area contributed by atoms with E-state index in [0.717, 1.165) is 0 Å². The van der Waals surface area contributed by atoms with Crippen LogP contribution in [-0.4, -0.2) is 0 Å². The molecule has 1 heterocycles. The average Bonchev–Trinajstić information content (AvgIpc) is 2.86. The van der Waals surface area contributed by atoms with E-state index < -0.39 is 0 Å². The Labute approximate surface area is 113 Å². The fraction of sp³-hybridized carbons (Fsp3) is 0.765. The van der Waals surface area contributed by atoms with Crippen molar-refractivity contribution in [3.63, 3.8) is 0 Å². The van der Waals surface area contributed by atoms with Gasteiger partial charge in [0.15, 0.2) is 0 Å². The van der Waals surface area contributed by atoms with Gasteiger partial charge in [0.1, 0.15) is 5.76 Å². The Balaban J connectivity index is 2.70. The normalized spacial score (nSPS) is 14.7. The maximum absolute atomic E-state index is 5.83. The topological polar surface area (TPSA) is 13.1 Å². The van der Waals surface area contributed by atoms with Gasteiger partial charge in [0.05, 0.1) is 6.26 Å². The number of rotatable bonds is 9. The van der Waals surface area contributed by atoms with E-state index in [1.165, 1.54) is 56.3 Å². The van der Waals surface area contributed by atoms with Crippen LogP contribution < -0.4 is 0 Å². The summed E-state index contributed by atoms with van der Waals surface area (Å²) >= 11 is 0. The van der Waals surface area contributed by atoms with Crippen molar-refractivity contribution >= 4 is 0 Å². The predicted molar refractivity (Wildman–Crippen MR) is 79.2 cm³/mol. The van der Waals surface area contributed by atoms with E-state index in [2.05, 4.69) is 33.8 Å². The quantitative estimate of drug-likeness (QED) is 0.504. The number of unbranched alkanes of at least 4 members (excludes halogenated alkanes) is 1. The van der Waals surface area contributed by atoms with Crippen molar-refractivity contribution in [1.82, 2.24) is 0 Å². The van der Waals surface area contributed by atoms with Crippen LogP contribution in [0.15, 0.2) is 16.7 Å². The molecule has 1 aromatic rings. The van der Waals surface area contributed by atoms with Crippen LogP contribution in [0.5, 0.6) is 0 Å². The average molecular weight is 250 g/mol. The molecule has 0 amide bonds. The molecule has 0 radical (unpaired) electrons. The molecule has 2 atom stereocenters. The molecule has 0 aliphatic heterocycles. The van der Waals surface area contributed by atoms with Crippen LogP contribution in [0.1, 0.15) is 95.8 Å². The summed E-state index contributed by atoms with van der Waals surface area (Å²) in [6.07, 6.45) is 10.8. The standard InChI is InChI=1S/C17H30O/c1-5-9-11-14(7-3)16-12-17(18-13-16)15(8-4)10-6-2/h12-15H,5-11H2,1-4H3. The van der Waals surface area contributed by atoms with Gasteiger partial charge in [-0.3, -0.25) is 0 Å². The molecule has 0 aromatic carbocycles. The second-order valence-corrected chi connectivity index (χ2v) is 5.42. The Morgan fingerprint density at radius 1 is 0.944 bits per heavy atom. The van der Waals surface area contributed by atoms with E-state index in [1.54, 1.807) is 0 Å². The van der Waals surface area contributed by atoms with Gasteiger partial charge in [0, 0.05) is 5.92 Å². The highest BCUT2D eigenvalue weighted by atomic mass is 16.3. The number of hydrogen-bond acceptors (Lipinski definition) is 1. The van der Waals surface area contributed by atoms with Gasteiger partial charge in [-0.05, 0) is 43.2 Å². The van der Waals surface area contributed by atoms with E-state index in [9.17, 15) is 0 Å². The van der Waals surface area contributed by atoms with Crippen molar-refractivity contribution < 1.29 is 4.42 Å². The summed E-state index contributed by atoms with van der Waals surface area (Å²) in [4.78, 5) is 0. The fourth-order valence-corrected chi connectivity index (χ4v) is 2.75. The summed E-state index contributed by atoms with van der Waals surface area (Å²) in [6, 6.07) is 2.33. The lowest BCUT2D eigenvalue weighted by Gasteiger charge is -2.12. The molecule has 0 spiro atoms.